The summed E-state index contributed by atoms with van der Waals surface area (Å²) in [5.41, 5.74) is 7.81. The highest BCUT2D eigenvalue weighted by atomic mass is 32.1. The van der Waals surface area contributed by atoms with Gasteiger partial charge in [-0.25, -0.2) is 4.98 Å². The summed E-state index contributed by atoms with van der Waals surface area (Å²) in [6, 6.07) is 9.28. The van der Waals surface area contributed by atoms with Crippen LogP contribution in [0.2, 0.25) is 0 Å². The van der Waals surface area contributed by atoms with E-state index in [0.29, 0.717) is 6.54 Å². The molecule has 116 valence electrons. The molecule has 1 heterocycles. The Kier molecular flexibility index (Phi) is 4.55. The first kappa shape index (κ1) is 15.2. The number of hydrogen-bond donors (Lipinski definition) is 1. The number of amides is 1. The molecule has 3 rings (SSSR count). The molecule has 1 aromatic carbocycles. The van der Waals surface area contributed by atoms with Crippen molar-refractivity contribution in [1.29, 1.82) is 0 Å². The van der Waals surface area contributed by atoms with Crippen molar-refractivity contribution in [2.24, 2.45) is 5.73 Å². The lowest BCUT2D eigenvalue weighted by molar-refractivity contribution is -0.123. The molecule has 0 unspecified atom stereocenters. The molecule has 0 spiro atoms. The second-order valence-corrected chi connectivity index (χ2v) is 6.98. The molecule has 0 saturated heterocycles. The van der Waals surface area contributed by atoms with E-state index in [1.807, 2.05) is 42.3 Å². The SMILES string of the molecule is CN(Cc1nc2c(s1)CCCC2)[C@H](C(N)=O)c1ccccc1. The Morgan fingerprint density at radius 3 is 2.73 bits per heavy atom. The smallest absolute Gasteiger partial charge is 0.239 e. The van der Waals surface area contributed by atoms with E-state index >= 15 is 0 Å². The number of carbonyl (C=O) groups is 1. The molecule has 0 aliphatic heterocycles. The molecule has 2 N–H and O–H groups in total. The minimum absolute atomic E-state index is 0.324. The van der Waals surface area contributed by atoms with Gasteiger partial charge >= 0.3 is 0 Å². The van der Waals surface area contributed by atoms with Crippen molar-refractivity contribution in [3.8, 4) is 0 Å². The number of aryl methyl sites for hydroxylation is 2. The van der Waals surface area contributed by atoms with E-state index in [2.05, 4.69) is 0 Å². The van der Waals surface area contributed by atoms with Gasteiger partial charge in [0, 0.05) is 4.88 Å². The lowest BCUT2D eigenvalue weighted by Gasteiger charge is -2.24. The molecule has 0 saturated carbocycles. The number of rotatable bonds is 5. The van der Waals surface area contributed by atoms with Crippen LogP contribution in [-0.4, -0.2) is 22.8 Å². The third kappa shape index (κ3) is 3.20. The number of fused-ring (bicyclic) bond motifs is 1. The van der Waals surface area contributed by atoms with Gasteiger partial charge in [0.1, 0.15) is 11.0 Å². The number of aromatic nitrogens is 1. The molecule has 0 fully saturated rings. The number of likely N-dealkylation sites (N-methyl/N-ethyl adjacent to an activating group) is 1. The highest BCUT2D eigenvalue weighted by molar-refractivity contribution is 7.11. The van der Waals surface area contributed by atoms with Crippen LogP contribution in [0.3, 0.4) is 0 Å². The maximum absolute atomic E-state index is 11.9. The molecule has 1 aromatic heterocycles. The van der Waals surface area contributed by atoms with Crippen LogP contribution in [-0.2, 0) is 24.2 Å². The summed E-state index contributed by atoms with van der Waals surface area (Å²) in [6.07, 6.45) is 4.74. The topological polar surface area (TPSA) is 59.2 Å². The normalized spacial score (nSPS) is 15.5. The highest BCUT2D eigenvalue weighted by Gasteiger charge is 2.24. The van der Waals surface area contributed by atoms with Gasteiger partial charge in [0.25, 0.3) is 0 Å². The van der Waals surface area contributed by atoms with Crippen molar-refractivity contribution in [1.82, 2.24) is 9.88 Å². The van der Waals surface area contributed by atoms with Gasteiger partial charge in [0.05, 0.1) is 12.2 Å². The predicted molar refractivity (Wildman–Crippen MR) is 88.6 cm³/mol. The van der Waals surface area contributed by atoms with Crippen molar-refractivity contribution >= 4 is 17.2 Å². The van der Waals surface area contributed by atoms with Crippen LogP contribution in [0.1, 0.15) is 40.0 Å². The Morgan fingerprint density at radius 1 is 1.32 bits per heavy atom. The van der Waals surface area contributed by atoms with Crippen LogP contribution in [0.4, 0.5) is 0 Å². The number of primary amides is 1. The zero-order chi connectivity index (χ0) is 15.5. The first-order valence-corrected chi connectivity index (χ1v) is 8.49. The first-order valence-electron chi connectivity index (χ1n) is 7.67. The van der Waals surface area contributed by atoms with E-state index in [1.165, 1.54) is 23.4 Å². The second kappa shape index (κ2) is 6.58. The van der Waals surface area contributed by atoms with Gasteiger partial charge in [-0.2, -0.15) is 0 Å². The average Bonchev–Trinajstić information content (AvgIpc) is 2.90. The molecule has 2 aromatic rings. The fourth-order valence-electron chi connectivity index (χ4n) is 3.05. The number of nitrogens with zero attached hydrogens (tertiary/aromatic N) is 2. The molecular weight excluding hydrogens is 294 g/mol. The van der Waals surface area contributed by atoms with Gasteiger partial charge in [-0.1, -0.05) is 30.3 Å². The Morgan fingerprint density at radius 2 is 2.05 bits per heavy atom. The van der Waals surface area contributed by atoms with Crippen molar-refractivity contribution in [3.63, 3.8) is 0 Å². The molecule has 1 aliphatic carbocycles. The van der Waals surface area contributed by atoms with E-state index in [9.17, 15) is 4.79 Å². The summed E-state index contributed by atoms with van der Waals surface area (Å²) in [5, 5.41) is 1.08. The van der Waals surface area contributed by atoms with E-state index in [4.69, 9.17) is 10.7 Å². The molecule has 0 bridgehead atoms. The summed E-state index contributed by atoms with van der Waals surface area (Å²) in [7, 11) is 1.93. The standard InChI is InChI=1S/C17H21N3OS/c1-20(16(17(18)21)12-7-3-2-4-8-12)11-15-19-13-9-5-6-10-14(13)22-15/h2-4,7-8,16H,5-6,9-11H2,1H3,(H2,18,21)/t16-/m0/s1. The molecule has 1 amide bonds. The van der Waals surface area contributed by atoms with Crippen LogP contribution in [0.25, 0.3) is 0 Å². The number of thiazole rings is 1. The van der Waals surface area contributed by atoms with Crippen LogP contribution in [0.5, 0.6) is 0 Å². The minimum Gasteiger partial charge on any atom is -0.368 e. The number of carbonyl (C=O) groups excluding carboxylic acids is 1. The van der Waals surface area contributed by atoms with E-state index in [0.717, 1.165) is 23.4 Å². The molecule has 22 heavy (non-hydrogen) atoms. The van der Waals surface area contributed by atoms with Gasteiger partial charge in [-0.05, 0) is 38.3 Å². The molecule has 5 heteroatoms. The Labute approximate surface area is 135 Å². The zero-order valence-electron chi connectivity index (χ0n) is 12.8. The number of hydrogen-bond acceptors (Lipinski definition) is 4. The van der Waals surface area contributed by atoms with Crippen LogP contribution in [0, 0.1) is 0 Å². The summed E-state index contributed by atoms with van der Waals surface area (Å²) < 4.78 is 0. The third-order valence-electron chi connectivity index (χ3n) is 4.10. The Hall–Kier alpha value is -1.72. The van der Waals surface area contributed by atoms with Crippen LogP contribution < -0.4 is 5.73 Å². The molecule has 4 nitrogen and oxygen atoms in total. The second-order valence-electron chi connectivity index (χ2n) is 5.82. The Bertz CT molecular complexity index is 630. The van der Waals surface area contributed by atoms with Gasteiger partial charge in [-0.15, -0.1) is 11.3 Å². The quantitative estimate of drug-likeness (QED) is 0.923. The Balaban J connectivity index is 1.78. The lowest BCUT2D eigenvalue weighted by atomic mass is 10.0. The van der Waals surface area contributed by atoms with Gasteiger partial charge in [0.2, 0.25) is 5.91 Å². The van der Waals surface area contributed by atoms with Crippen molar-refractivity contribution in [3.05, 3.63) is 51.5 Å². The minimum atomic E-state index is -0.415. The molecule has 0 radical (unpaired) electrons. The monoisotopic (exact) mass is 315 g/mol. The predicted octanol–water partition coefficient (Wildman–Crippen LogP) is 2.68. The summed E-state index contributed by atoms with van der Waals surface area (Å²) in [6.45, 7) is 0.653. The first-order chi connectivity index (χ1) is 10.6. The number of nitrogens with two attached hydrogens (primary N) is 1. The van der Waals surface area contributed by atoms with Crippen molar-refractivity contribution in [2.45, 2.75) is 38.3 Å². The zero-order valence-corrected chi connectivity index (χ0v) is 13.6. The van der Waals surface area contributed by atoms with Crippen molar-refractivity contribution < 1.29 is 4.79 Å². The van der Waals surface area contributed by atoms with Crippen molar-refractivity contribution in [2.75, 3.05) is 7.05 Å². The summed E-state index contributed by atoms with van der Waals surface area (Å²) >= 11 is 1.78. The van der Waals surface area contributed by atoms with E-state index in [1.54, 1.807) is 11.3 Å². The summed E-state index contributed by atoms with van der Waals surface area (Å²) in [5.74, 6) is -0.324. The fraction of sp³-hybridized carbons (Fsp3) is 0.412. The van der Waals surface area contributed by atoms with Crippen LogP contribution in [0.15, 0.2) is 30.3 Å². The molecule has 1 atom stereocenters. The van der Waals surface area contributed by atoms with Gasteiger partial charge < -0.3 is 5.73 Å². The maximum atomic E-state index is 11.9. The third-order valence-corrected chi connectivity index (χ3v) is 5.24. The van der Waals surface area contributed by atoms with Crippen LogP contribution >= 0.6 is 11.3 Å². The van der Waals surface area contributed by atoms with Gasteiger partial charge in [-0.3, -0.25) is 9.69 Å². The summed E-state index contributed by atoms with van der Waals surface area (Å²) in [4.78, 5) is 20.0. The largest absolute Gasteiger partial charge is 0.368 e. The highest BCUT2D eigenvalue weighted by Crippen LogP contribution is 2.29. The lowest BCUT2D eigenvalue weighted by Crippen LogP contribution is -2.34. The molecule has 1 aliphatic rings. The fourth-order valence-corrected chi connectivity index (χ4v) is 4.27. The van der Waals surface area contributed by atoms with E-state index < -0.39 is 6.04 Å². The average molecular weight is 315 g/mol. The van der Waals surface area contributed by atoms with Gasteiger partial charge in [0.15, 0.2) is 0 Å². The number of benzene rings is 1. The maximum Gasteiger partial charge on any atom is 0.239 e. The van der Waals surface area contributed by atoms with E-state index in [-0.39, 0.29) is 5.91 Å². The molecular formula is C17H21N3OS.